The summed E-state index contributed by atoms with van der Waals surface area (Å²) in [5.74, 6) is -2.17. The van der Waals surface area contributed by atoms with Crippen molar-refractivity contribution in [2.45, 2.75) is 0 Å². The number of Topliss-reactive ketones (excluding diaryl/α,β-unsaturated/α-hetero) is 1. The number of para-hydroxylation sites is 1. The van der Waals surface area contributed by atoms with E-state index in [2.05, 4.69) is 0 Å². The lowest BCUT2D eigenvalue weighted by molar-refractivity contribution is -0.385. The fourth-order valence-corrected chi connectivity index (χ4v) is 2.06. The quantitative estimate of drug-likeness (QED) is 0.248. The number of nitrogens with zero attached hydrogens (tertiary/aromatic N) is 1. The van der Waals surface area contributed by atoms with E-state index in [1.807, 2.05) is 0 Å². The van der Waals surface area contributed by atoms with Gasteiger partial charge in [-0.05, 0) is 30.3 Å². The van der Waals surface area contributed by atoms with Gasteiger partial charge in [0.2, 0.25) is 0 Å². The number of esters is 1. The molecule has 0 saturated carbocycles. The van der Waals surface area contributed by atoms with Crippen LogP contribution in [0.15, 0.2) is 48.5 Å². The molecule has 2 aromatic carbocycles. The van der Waals surface area contributed by atoms with Gasteiger partial charge in [-0.2, -0.15) is 0 Å². The van der Waals surface area contributed by atoms with E-state index in [1.165, 1.54) is 43.5 Å². The minimum atomic E-state index is -0.856. The summed E-state index contributed by atoms with van der Waals surface area (Å²) in [4.78, 5) is 33.9. The van der Waals surface area contributed by atoms with Gasteiger partial charge in [-0.1, -0.05) is 12.1 Å². The second kappa shape index (κ2) is 8.52. The van der Waals surface area contributed by atoms with E-state index >= 15 is 0 Å². The van der Waals surface area contributed by atoms with Gasteiger partial charge < -0.3 is 9.47 Å². The van der Waals surface area contributed by atoms with E-state index in [1.54, 1.807) is 6.07 Å². The minimum absolute atomic E-state index is 0.00839. The number of carbonyl (C=O) groups excluding carboxylic acids is 2. The van der Waals surface area contributed by atoms with Crippen molar-refractivity contribution in [3.63, 3.8) is 0 Å². The highest BCUT2D eigenvalue weighted by Gasteiger charge is 2.13. The second-order valence-electron chi connectivity index (χ2n) is 5.03. The van der Waals surface area contributed by atoms with Crippen LogP contribution in [-0.2, 0) is 9.53 Å². The highest BCUT2D eigenvalue weighted by Crippen LogP contribution is 2.19. The van der Waals surface area contributed by atoms with Gasteiger partial charge in [0.05, 0.1) is 17.6 Å². The molecule has 0 saturated heterocycles. The van der Waals surface area contributed by atoms with Crippen LogP contribution in [0.4, 0.5) is 10.1 Å². The van der Waals surface area contributed by atoms with E-state index in [4.69, 9.17) is 9.47 Å². The molecule has 0 atom stereocenters. The van der Waals surface area contributed by atoms with Crippen molar-refractivity contribution in [3.05, 3.63) is 75.6 Å². The highest BCUT2D eigenvalue weighted by molar-refractivity contribution is 5.99. The molecule has 0 radical (unpaired) electrons. The number of halogens is 1. The van der Waals surface area contributed by atoms with Crippen LogP contribution in [0.25, 0.3) is 6.08 Å². The standard InChI is InChI=1S/C18H14FNO6/c1-25-17-8-6-13(10-14(17)19)16(21)11-26-18(22)9-7-12-4-2-3-5-15(12)20(23)24/h2-10H,11H2,1H3/b9-7+. The van der Waals surface area contributed by atoms with Crippen LogP contribution >= 0.6 is 0 Å². The molecule has 0 N–H and O–H groups in total. The maximum absolute atomic E-state index is 13.6. The first-order valence-corrected chi connectivity index (χ1v) is 7.37. The van der Waals surface area contributed by atoms with Gasteiger partial charge in [0.25, 0.3) is 5.69 Å². The van der Waals surface area contributed by atoms with Crippen LogP contribution in [0.5, 0.6) is 5.75 Å². The lowest BCUT2D eigenvalue weighted by Gasteiger charge is -2.05. The molecule has 0 aromatic heterocycles. The Labute approximate surface area is 147 Å². The molecule has 0 aliphatic carbocycles. The van der Waals surface area contributed by atoms with Gasteiger partial charge in [-0.15, -0.1) is 0 Å². The van der Waals surface area contributed by atoms with Crippen LogP contribution in [0.1, 0.15) is 15.9 Å². The second-order valence-corrected chi connectivity index (χ2v) is 5.03. The van der Waals surface area contributed by atoms with Crippen molar-refractivity contribution in [1.29, 1.82) is 0 Å². The average Bonchev–Trinajstić information content (AvgIpc) is 2.64. The molecular weight excluding hydrogens is 345 g/mol. The molecule has 0 unspecified atom stereocenters. The fourth-order valence-electron chi connectivity index (χ4n) is 2.06. The zero-order valence-corrected chi connectivity index (χ0v) is 13.7. The number of benzene rings is 2. The van der Waals surface area contributed by atoms with E-state index in [0.717, 1.165) is 12.1 Å². The van der Waals surface area contributed by atoms with Gasteiger partial charge in [0.15, 0.2) is 24.0 Å². The molecule has 0 aliphatic heterocycles. The Bertz CT molecular complexity index is 878. The average molecular weight is 359 g/mol. The third-order valence-corrected chi connectivity index (χ3v) is 3.35. The summed E-state index contributed by atoms with van der Waals surface area (Å²) in [5, 5.41) is 10.9. The van der Waals surface area contributed by atoms with Crippen LogP contribution in [-0.4, -0.2) is 30.4 Å². The van der Waals surface area contributed by atoms with Gasteiger partial charge in [-0.25, -0.2) is 9.18 Å². The summed E-state index contributed by atoms with van der Waals surface area (Å²) < 4.78 is 23.1. The predicted molar refractivity (Wildman–Crippen MR) is 90.4 cm³/mol. The van der Waals surface area contributed by atoms with Crippen LogP contribution in [0, 0.1) is 15.9 Å². The molecule has 0 amide bonds. The largest absolute Gasteiger partial charge is 0.494 e. The van der Waals surface area contributed by atoms with Crippen LogP contribution in [0.2, 0.25) is 0 Å². The molecule has 8 heteroatoms. The number of nitro benzene ring substituents is 1. The summed E-state index contributed by atoms with van der Waals surface area (Å²) >= 11 is 0. The van der Waals surface area contributed by atoms with Crippen LogP contribution < -0.4 is 4.74 Å². The summed E-state index contributed by atoms with van der Waals surface area (Å²) in [6.45, 7) is -0.591. The lowest BCUT2D eigenvalue weighted by atomic mass is 10.1. The first kappa shape index (κ1) is 18.8. The van der Waals surface area contributed by atoms with Gasteiger partial charge in [-0.3, -0.25) is 14.9 Å². The number of hydrogen-bond acceptors (Lipinski definition) is 6. The SMILES string of the molecule is COc1ccc(C(=O)COC(=O)/C=C/c2ccccc2[N+](=O)[O-])cc1F. The van der Waals surface area contributed by atoms with E-state index < -0.39 is 29.1 Å². The smallest absolute Gasteiger partial charge is 0.331 e. The van der Waals surface area contributed by atoms with Gasteiger partial charge >= 0.3 is 5.97 Å². The number of ether oxygens (including phenoxy) is 2. The Hall–Kier alpha value is -3.55. The third kappa shape index (κ3) is 4.73. The van der Waals surface area contributed by atoms with Gasteiger partial charge in [0.1, 0.15) is 0 Å². The molecule has 0 bridgehead atoms. The normalized spacial score (nSPS) is 10.5. The number of ketones is 1. The summed E-state index contributed by atoms with van der Waals surface area (Å²) in [7, 11) is 1.30. The maximum atomic E-state index is 13.6. The summed E-state index contributed by atoms with van der Waals surface area (Å²) in [6.07, 6.45) is 2.20. The topological polar surface area (TPSA) is 95.7 Å². The monoisotopic (exact) mass is 359 g/mol. The zero-order chi connectivity index (χ0) is 19.1. The van der Waals surface area contributed by atoms with Crippen LogP contribution in [0.3, 0.4) is 0 Å². The minimum Gasteiger partial charge on any atom is -0.494 e. The lowest BCUT2D eigenvalue weighted by Crippen LogP contribution is -2.12. The Morgan fingerprint density at radius 2 is 1.96 bits per heavy atom. The van der Waals surface area contributed by atoms with Crippen molar-refractivity contribution in [3.8, 4) is 5.75 Å². The van der Waals surface area contributed by atoms with Crippen molar-refractivity contribution in [2.75, 3.05) is 13.7 Å². The Kier molecular flexibility index (Phi) is 6.15. The zero-order valence-electron chi connectivity index (χ0n) is 13.7. The maximum Gasteiger partial charge on any atom is 0.331 e. The van der Waals surface area contributed by atoms with Gasteiger partial charge in [0, 0.05) is 17.7 Å². The van der Waals surface area contributed by atoms with E-state index in [0.29, 0.717) is 0 Å². The van der Waals surface area contributed by atoms with Crippen molar-refractivity contribution < 1.29 is 28.4 Å². The molecule has 2 aromatic rings. The number of methoxy groups -OCH3 is 1. The molecular formula is C18H14FNO6. The Morgan fingerprint density at radius 1 is 1.23 bits per heavy atom. The molecule has 0 spiro atoms. The molecule has 2 rings (SSSR count). The van der Waals surface area contributed by atoms with Crippen molar-refractivity contribution >= 4 is 23.5 Å². The van der Waals surface area contributed by atoms with Crippen molar-refractivity contribution in [2.24, 2.45) is 0 Å². The number of carbonyl (C=O) groups is 2. The first-order chi connectivity index (χ1) is 12.4. The van der Waals surface area contributed by atoms with E-state index in [9.17, 15) is 24.1 Å². The number of rotatable bonds is 7. The van der Waals surface area contributed by atoms with E-state index in [-0.39, 0.29) is 22.6 Å². The molecule has 26 heavy (non-hydrogen) atoms. The Balaban J connectivity index is 1.97. The Morgan fingerprint density at radius 3 is 2.62 bits per heavy atom. The van der Waals surface area contributed by atoms with Crippen molar-refractivity contribution in [1.82, 2.24) is 0 Å². The molecule has 0 fully saturated rings. The molecule has 0 heterocycles. The number of nitro groups is 1. The first-order valence-electron chi connectivity index (χ1n) is 7.37. The summed E-state index contributed by atoms with van der Waals surface area (Å²) in [6, 6.07) is 9.47. The highest BCUT2D eigenvalue weighted by atomic mass is 19.1. The third-order valence-electron chi connectivity index (χ3n) is 3.35. The number of hydrogen-bond donors (Lipinski definition) is 0. The molecule has 0 aliphatic rings. The predicted octanol–water partition coefficient (Wildman–Crippen LogP) is 3.18. The fraction of sp³-hybridized carbons (Fsp3) is 0.111. The molecule has 134 valence electrons. The summed E-state index contributed by atoms with van der Waals surface area (Å²) in [5.41, 5.74) is 0.0816. The molecule has 7 nitrogen and oxygen atoms in total.